The summed E-state index contributed by atoms with van der Waals surface area (Å²) in [5.41, 5.74) is 12.7. The molecule has 0 heterocycles. The minimum absolute atomic E-state index is 0.142. The fraction of sp³-hybridized carbons (Fsp3) is 0.235. The third kappa shape index (κ3) is 5.26. The Balaban J connectivity index is 1.79. The molecule has 0 saturated carbocycles. The van der Waals surface area contributed by atoms with Crippen molar-refractivity contribution in [3.05, 3.63) is 116 Å². The van der Waals surface area contributed by atoms with Crippen LogP contribution >= 0.6 is 0 Å². The van der Waals surface area contributed by atoms with E-state index in [1.165, 1.54) is 0 Å². The average Bonchev–Trinajstić information content (AvgIpc) is 2.79. The summed E-state index contributed by atoms with van der Waals surface area (Å²) in [5.74, 6) is -0.283. The summed E-state index contributed by atoms with van der Waals surface area (Å²) in [6.07, 6.45) is 0. The minimum atomic E-state index is -0.142. The number of anilines is 2. The van der Waals surface area contributed by atoms with E-state index in [0.717, 1.165) is 55.6 Å². The molecule has 0 radical (unpaired) electrons. The molecule has 0 saturated heterocycles. The summed E-state index contributed by atoms with van der Waals surface area (Å²) >= 11 is 0. The lowest BCUT2D eigenvalue weighted by atomic mass is 9.92. The highest BCUT2D eigenvalue weighted by Crippen LogP contribution is 2.39. The third-order valence-electron chi connectivity index (χ3n) is 7.10. The lowest BCUT2D eigenvalue weighted by molar-refractivity contribution is 0.101. The Kier molecular flexibility index (Phi) is 7.54. The fourth-order valence-corrected chi connectivity index (χ4v) is 5.65. The molecule has 0 fully saturated rings. The lowest BCUT2D eigenvalue weighted by Crippen LogP contribution is -2.18. The topological polar surface area (TPSA) is 58.2 Å². The number of benzene rings is 4. The molecule has 2 N–H and O–H groups in total. The van der Waals surface area contributed by atoms with Crippen LogP contribution in [0.2, 0.25) is 0 Å². The van der Waals surface area contributed by atoms with Crippen molar-refractivity contribution >= 4 is 23.2 Å². The molecule has 0 spiro atoms. The molecule has 0 bridgehead atoms. The first-order valence-corrected chi connectivity index (χ1v) is 13.0. The minimum Gasteiger partial charge on any atom is -0.321 e. The molecule has 0 aliphatic carbocycles. The molecule has 0 aliphatic rings. The van der Waals surface area contributed by atoms with Crippen LogP contribution in [0.3, 0.4) is 0 Å². The molecule has 0 aliphatic heterocycles. The summed E-state index contributed by atoms with van der Waals surface area (Å²) in [4.78, 5) is 27.0. The molecule has 4 heteroatoms. The van der Waals surface area contributed by atoms with E-state index in [0.29, 0.717) is 22.5 Å². The zero-order chi connectivity index (χ0) is 27.7. The second-order valence-corrected chi connectivity index (χ2v) is 10.5. The van der Waals surface area contributed by atoms with E-state index in [-0.39, 0.29) is 11.8 Å². The van der Waals surface area contributed by atoms with Gasteiger partial charge in [0.2, 0.25) is 0 Å². The Bertz CT molecular complexity index is 1410. The van der Waals surface area contributed by atoms with Crippen LogP contribution in [-0.4, -0.2) is 11.8 Å². The number of hydrogen-bond acceptors (Lipinski definition) is 2. The van der Waals surface area contributed by atoms with Gasteiger partial charge in [0.15, 0.2) is 0 Å². The predicted molar refractivity (Wildman–Crippen MR) is 159 cm³/mol. The Morgan fingerprint density at radius 2 is 0.789 bits per heavy atom. The largest absolute Gasteiger partial charge is 0.321 e. The van der Waals surface area contributed by atoms with Gasteiger partial charge in [0.25, 0.3) is 11.8 Å². The van der Waals surface area contributed by atoms with Gasteiger partial charge in [-0.2, -0.15) is 0 Å². The Hall–Kier alpha value is -4.18. The van der Waals surface area contributed by atoms with Gasteiger partial charge in [-0.3, -0.25) is 9.59 Å². The summed E-state index contributed by atoms with van der Waals surface area (Å²) in [6, 6.07) is 19.9. The van der Waals surface area contributed by atoms with Crippen LogP contribution in [0.25, 0.3) is 11.1 Å². The molecular weight excluding hydrogens is 468 g/mol. The Labute approximate surface area is 226 Å². The normalized spacial score (nSPS) is 10.8. The van der Waals surface area contributed by atoms with Gasteiger partial charge in [0.05, 0.1) is 0 Å². The molecule has 0 aromatic heterocycles. The lowest BCUT2D eigenvalue weighted by Gasteiger charge is -2.21. The first-order chi connectivity index (χ1) is 18.0. The van der Waals surface area contributed by atoms with Gasteiger partial charge in [0.1, 0.15) is 0 Å². The number of carbonyl (C=O) groups is 2. The van der Waals surface area contributed by atoms with Crippen molar-refractivity contribution in [3.8, 4) is 11.1 Å². The number of nitrogens with one attached hydrogen (secondary N) is 2. The molecule has 38 heavy (non-hydrogen) atoms. The van der Waals surface area contributed by atoms with Crippen molar-refractivity contribution in [1.82, 2.24) is 0 Å². The maximum Gasteiger partial charge on any atom is 0.256 e. The molecule has 0 unspecified atom stereocenters. The first-order valence-electron chi connectivity index (χ1n) is 13.0. The van der Waals surface area contributed by atoms with Gasteiger partial charge < -0.3 is 10.6 Å². The smallest absolute Gasteiger partial charge is 0.256 e. The van der Waals surface area contributed by atoms with Gasteiger partial charge in [-0.05, 0) is 101 Å². The maximum atomic E-state index is 13.5. The summed E-state index contributed by atoms with van der Waals surface area (Å²) in [5, 5.41) is 6.36. The van der Waals surface area contributed by atoms with Crippen LogP contribution in [0.4, 0.5) is 11.4 Å². The van der Waals surface area contributed by atoms with E-state index in [2.05, 4.69) is 10.6 Å². The molecular formula is C34H36N2O2. The number of carbonyl (C=O) groups excluding carboxylic acids is 2. The molecule has 0 atom stereocenters. The highest BCUT2D eigenvalue weighted by atomic mass is 16.2. The highest BCUT2D eigenvalue weighted by molar-refractivity contribution is 6.11. The first kappa shape index (κ1) is 26.9. The summed E-state index contributed by atoms with van der Waals surface area (Å²) in [7, 11) is 0. The maximum absolute atomic E-state index is 13.5. The van der Waals surface area contributed by atoms with E-state index in [1.807, 2.05) is 116 Å². The average molecular weight is 505 g/mol. The van der Waals surface area contributed by atoms with Crippen molar-refractivity contribution in [2.75, 3.05) is 10.6 Å². The van der Waals surface area contributed by atoms with E-state index < -0.39 is 0 Å². The van der Waals surface area contributed by atoms with Crippen LogP contribution in [0.15, 0.2) is 60.7 Å². The number of rotatable bonds is 5. The van der Waals surface area contributed by atoms with Crippen LogP contribution in [-0.2, 0) is 0 Å². The number of hydrogen-bond donors (Lipinski definition) is 2. The van der Waals surface area contributed by atoms with Crippen LogP contribution in [0.5, 0.6) is 0 Å². The monoisotopic (exact) mass is 504 g/mol. The van der Waals surface area contributed by atoms with Crippen molar-refractivity contribution in [2.45, 2.75) is 55.4 Å². The zero-order valence-electron chi connectivity index (χ0n) is 23.6. The van der Waals surface area contributed by atoms with Gasteiger partial charge in [-0.25, -0.2) is 0 Å². The quantitative estimate of drug-likeness (QED) is 0.287. The van der Waals surface area contributed by atoms with Crippen molar-refractivity contribution < 1.29 is 9.59 Å². The third-order valence-corrected chi connectivity index (χ3v) is 7.10. The molecule has 194 valence electrons. The van der Waals surface area contributed by atoms with Gasteiger partial charge in [-0.1, -0.05) is 59.7 Å². The Morgan fingerprint density at radius 3 is 1.11 bits per heavy atom. The Morgan fingerprint density at radius 1 is 0.474 bits per heavy atom. The zero-order valence-corrected chi connectivity index (χ0v) is 23.6. The standard InChI is InChI=1S/C34H36N2O2/c1-19-15-23(5)29(24(6)16-19)33(37)35-27-13-9-11-21(3)31(27)32-22(4)12-10-14-28(32)36-34(38)30-25(7)17-20(2)18-26(30)8/h9-18H,1-8H3,(H,35,37)(H,36,38). The van der Waals surface area contributed by atoms with Gasteiger partial charge in [-0.15, -0.1) is 0 Å². The van der Waals surface area contributed by atoms with Crippen LogP contribution in [0, 0.1) is 55.4 Å². The van der Waals surface area contributed by atoms with E-state index in [9.17, 15) is 9.59 Å². The van der Waals surface area contributed by atoms with Crippen LogP contribution in [0.1, 0.15) is 65.2 Å². The fourth-order valence-electron chi connectivity index (χ4n) is 5.65. The molecule has 4 aromatic carbocycles. The second-order valence-electron chi connectivity index (χ2n) is 10.5. The summed E-state index contributed by atoms with van der Waals surface area (Å²) < 4.78 is 0. The predicted octanol–water partition coefficient (Wildman–Crippen LogP) is 8.33. The second kappa shape index (κ2) is 10.7. The number of aryl methyl sites for hydroxylation is 8. The van der Waals surface area contributed by atoms with E-state index in [1.54, 1.807) is 0 Å². The van der Waals surface area contributed by atoms with Gasteiger partial charge >= 0.3 is 0 Å². The van der Waals surface area contributed by atoms with Crippen molar-refractivity contribution in [3.63, 3.8) is 0 Å². The molecule has 4 rings (SSSR count). The van der Waals surface area contributed by atoms with E-state index >= 15 is 0 Å². The van der Waals surface area contributed by atoms with Gasteiger partial charge in [0, 0.05) is 33.6 Å². The summed E-state index contributed by atoms with van der Waals surface area (Å²) in [6.45, 7) is 16.0. The molecule has 4 nitrogen and oxygen atoms in total. The highest BCUT2D eigenvalue weighted by Gasteiger charge is 2.21. The SMILES string of the molecule is Cc1cc(C)c(C(=O)Nc2cccc(C)c2-c2c(C)cccc2NC(=O)c2c(C)cc(C)cc2C)c(C)c1. The molecule has 4 aromatic rings. The number of amides is 2. The van der Waals surface area contributed by atoms with Crippen molar-refractivity contribution in [1.29, 1.82) is 0 Å². The van der Waals surface area contributed by atoms with Crippen molar-refractivity contribution in [2.24, 2.45) is 0 Å². The molecule has 2 amide bonds. The van der Waals surface area contributed by atoms with Crippen LogP contribution < -0.4 is 10.6 Å². The van der Waals surface area contributed by atoms with E-state index in [4.69, 9.17) is 0 Å².